The number of nitrogens with zero attached hydrogens (tertiary/aromatic N) is 5. The maximum atomic E-state index is 10.9. The van der Waals surface area contributed by atoms with Gasteiger partial charge >= 0.3 is 0 Å². The number of aromatic nitrogens is 1. The fourth-order valence-corrected chi connectivity index (χ4v) is 3.05. The van der Waals surface area contributed by atoms with Crippen LogP contribution in [0.5, 0.6) is 0 Å². The van der Waals surface area contributed by atoms with Gasteiger partial charge in [-0.15, -0.1) is 0 Å². The van der Waals surface area contributed by atoms with Crippen molar-refractivity contribution in [3.8, 4) is 0 Å². The molecule has 0 aliphatic carbocycles. The third kappa shape index (κ3) is 4.93. The van der Waals surface area contributed by atoms with E-state index in [2.05, 4.69) is 25.1 Å². The molecule has 1 aliphatic rings. The minimum Gasteiger partial charge on any atom is -0.357 e. The maximum Gasteiger partial charge on any atom is 0.269 e. The fraction of sp³-hybridized carbons (Fsp3) is 0.368. The zero-order valence-corrected chi connectivity index (χ0v) is 15.4. The number of rotatable bonds is 5. The van der Waals surface area contributed by atoms with Crippen molar-refractivity contribution in [3.63, 3.8) is 0 Å². The van der Waals surface area contributed by atoms with Crippen LogP contribution in [0.25, 0.3) is 0 Å². The van der Waals surface area contributed by atoms with Crippen molar-refractivity contribution in [2.75, 3.05) is 37.6 Å². The quantitative estimate of drug-likeness (QED) is 0.377. The molecule has 0 radical (unpaired) electrons. The van der Waals surface area contributed by atoms with Crippen LogP contribution in [0.1, 0.15) is 12.5 Å². The Balaban J connectivity index is 1.64. The van der Waals surface area contributed by atoms with E-state index in [1.54, 1.807) is 12.1 Å². The molecule has 27 heavy (non-hydrogen) atoms. The van der Waals surface area contributed by atoms with Gasteiger partial charge < -0.3 is 15.1 Å². The normalized spacial score (nSPS) is 14.9. The van der Waals surface area contributed by atoms with Crippen molar-refractivity contribution in [2.45, 2.75) is 13.5 Å². The summed E-state index contributed by atoms with van der Waals surface area (Å²) in [6.07, 6.45) is 1.81. The molecule has 1 fully saturated rings. The second-order valence-corrected chi connectivity index (χ2v) is 6.26. The second kappa shape index (κ2) is 8.98. The molecule has 1 aliphatic heterocycles. The number of non-ortho nitro benzene ring substituents is 1. The van der Waals surface area contributed by atoms with Crippen molar-refractivity contribution in [2.24, 2.45) is 4.99 Å². The lowest BCUT2D eigenvalue weighted by molar-refractivity contribution is -0.384. The third-order valence-electron chi connectivity index (χ3n) is 4.42. The van der Waals surface area contributed by atoms with Gasteiger partial charge in [0, 0.05) is 51.1 Å². The molecule has 0 unspecified atom stereocenters. The van der Waals surface area contributed by atoms with Crippen LogP contribution >= 0.6 is 0 Å². The molecule has 0 amide bonds. The molecule has 1 saturated heterocycles. The number of nitro groups is 1. The first kappa shape index (κ1) is 18.6. The Bertz CT molecular complexity index is 788. The number of benzene rings is 1. The van der Waals surface area contributed by atoms with Crippen LogP contribution in [0.15, 0.2) is 53.7 Å². The Morgan fingerprint density at radius 2 is 2.04 bits per heavy atom. The van der Waals surface area contributed by atoms with E-state index in [0.29, 0.717) is 6.54 Å². The van der Waals surface area contributed by atoms with E-state index >= 15 is 0 Å². The summed E-state index contributed by atoms with van der Waals surface area (Å²) in [4.78, 5) is 24.1. The Kier molecular flexibility index (Phi) is 6.19. The van der Waals surface area contributed by atoms with Gasteiger partial charge in [0.15, 0.2) is 5.96 Å². The van der Waals surface area contributed by atoms with Gasteiger partial charge in [0.05, 0.1) is 11.5 Å². The molecular formula is C19H24N6O2. The number of anilines is 1. The van der Waals surface area contributed by atoms with E-state index in [-0.39, 0.29) is 10.6 Å². The zero-order valence-electron chi connectivity index (χ0n) is 15.4. The van der Waals surface area contributed by atoms with E-state index < -0.39 is 0 Å². The van der Waals surface area contributed by atoms with Gasteiger partial charge in [-0.05, 0) is 24.6 Å². The van der Waals surface area contributed by atoms with E-state index in [0.717, 1.165) is 50.1 Å². The molecule has 8 nitrogen and oxygen atoms in total. The number of hydrogen-bond donors (Lipinski definition) is 1. The Hall–Kier alpha value is -3.16. The zero-order chi connectivity index (χ0) is 19.1. The van der Waals surface area contributed by atoms with Gasteiger partial charge in [-0.2, -0.15) is 0 Å². The summed E-state index contributed by atoms with van der Waals surface area (Å²) in [5.74, 6) is 1.83. The maximum absolute atomic E-state index is 10.9. The number of aliphatic imine (C=N–C) groups is 1. The van der Waals surface area contributed by atoms with Crippen LogP contribution in [-0.4, -0.2) is 53.5 Å². The first-order valence-corrected chi connectivity index (χ1v) is 9.10. The largest absolute Gasteiger partial charge is 0.357 e. The summed E-state index contributed by atoms with van der Waals surface area (Å²) in [6, 6.07) is 12.6. The first-order chi connectivity index (χ1) is 13.2. The predicted molar refractivity (Wildman–Crippen MR) is 106 cm³/mol. The first-order valence-electron chi connectivity index (χ1n) is 9.10. The number of nitro benzene ring substituents is 1. The molecule has 1 aromatic heterocycles. The molecular weight excluding hydrogens is 344 g/mol. The van der Waals surface area contributed by atoms with Crippen LogP contribution in [0.2, 0.25) is 0 Å². The number of pyridine rings is 1. The number of nitrogens with one attached hydrogen (secondary N) is 1. The van der Waals surface area contributed by atoms with Crippen LogP contribution in [-0.2, 0) is 6.54 Å². The summed E-state index contributed by atoms with van der Waals surface area (Å²) in [7, 11) is 0. The predicted octanol–water partition coefficient (Wildman–Crippen LogP) is 2.28. The monoisotopic (exact) mass is 368 g/mol. The summed E-state index contributed by atoms with van der Waals surface area (Å²) >= 11 is 0. The van der Waals surface area contributed by atoms with E-state index in [9.17, 15) is 10.1 Å². The molecule has 142 valence electrons. The Morgan fingerprint density at radius 1 is 1.22 bits per heavy atom. The third-order valence-corrected chi connectivity index (χ3v) is 4.42. The SMILES string of the molecule is CCNC(=NCc1cccc([N+](=O)[O-])c1)N1CCN(c2ccccn2)CC1. The van der Waals surface area contributed by atoms with Crippen molar-refractivity contribution in [1.82, 2.24) is 15.2 Å². The summed E-state index contributed by atoms with van der Waals surface area (Å²) in [5, 5.41) is 14.3. The van der Waals surface area contributed by atoms with Crippen LogP contribution in [0.4, 0.5) is 11.5 Å². The molecule has 1 N–H and O–H groups in total. The molecule has 2 heterocycles. The van der Waals surface area contributed by atoms with Gasteiger partial charge in [0.25, 0.3) is 5.69 Å². The number of piperazine rings is 1. The van der Waals surface area contributed by atoms with Gasteiger partial charge in [-0.25, -0.2) is 9.98 Å². The lowest BCUT2D eigenvalue weighted by Gasteiger charge is -2.37. The standard InChI is InChI=1S/C19H24N6O2/c1-2-20-19(22-15-16-6-5-7-17(14-16)25(26)27)24-12-10-23(11-13-24)18-8-3-4-9-21-18/h3-9,14H,2,10-13,15H2,1H3,(H,20,22). The van der Waals surface area contributed by atoms with Crippen molar-refractivity contribution < 1.29 is 4.92 Å². The topological polar surface area (TPSA) is 86.9 Å². The molecule has 0 atom stereocenters. The molecule has 0 saturated carbocycles. The number of hydrogen-bond acceptors (Lipinski definition) is 5. The number of guanidine groups is 1. The molecule has 0 spiro atoms. The summed E-state index contributed by atoms with van der Waals surface area (Å²) in [5.41, 5.74) is 0.920. The highest BCUT2D eigenvalue weighted by Crippen LogP contribution is 2.15. The lowest BCUT2D eigenvalue weighted by atomic mass is 10.2. The summed E-state index contributed by atoms with van der Waals surface area (Å²) < 4.78 is 0. The van der Waals surface area contributed by atoms with E-state index in [1.807, 2.05) is 37.4 Å². The van der Waals surface area contributed by atoms with E-state index in [4.69, 9.17) is 0 Å². The minimum absolute atomic E-state index is 0.0941. The molecule has 3 rings (SSSR count). The second-order valence-electron chi connectivity index (χ2n) is 6.26. The van der Waals surface area contributed by atoms with Crippen molar-refractivity contribution >= 4 is 17.5 Å². The fourth-order valence-electron chi connectivity index (χ4n) is 3.05. The Morgan fingerprint density at radius 3 is 2.70 bits per heavy atom. The van der Waals surface area contributed by atoms with Gasteiger partial charge in [0.1, 0.15) is 5.82 Å². The average Bonchev–Trinajstić information content (AvgIpc) is 2.72. The average molecular weight is 368 g/mol. The highest BCUT2D eigenvalue weighted by molar-refractivity contribution is 5.80. The molecule has 2 aromatic rings. The Labute approximate surface area is 158 Å². The van der Waals surface area contributed by atoms with Crippen LogP contribution < -0.4 is 10.2 Å². The van der Waals surface area contributed by atoms with Gasteiger partial charge in [-0.3, -0.25) is 10.1 Å². The molecule has 1 aromatic carbocycles. The van der Waals surface area contributed by atoms with Gasteiger partial charge in [0.2, 0.25) is 0 Å². The smallest absolute Gasteiger partial charge is 0.269 e. The van der Waals surface area contributed by atoms with E-state index in [1.165, 1.54) is 6.07 Å². The van der Waals surface area contributed by atoms with Gasteiger partial charge in [-0.1, -0.05) is 18.2 Å². The lowest BCUT2D eigenvalue weighted by Crippen LogP contribution is -2.52. The van der Waals surface area contributed by atoms with Crippen molar-refractivity contribution in [1.29, 1.82) is 0 Å². The summed E-state index contributed by atoms with van der Waals surface area (Å²) in [6.45, 7) is 6.65. The highest BCUT2D eigenvalue weighted by atomic mass is 16.6. The highest BCUT2D eigenvalue weighted by Gasteiger charge is 2.20. The molecule has 0 bridgehead atoms. The molecule has 8 heteroatoms. The minimum atomic E-state index is -0.380. The van der Waals surface area contributed by atoms with Crippen LogP contribution in [0.3, 0.4) is 0 Å². The van der Waals surface area contributed by atoms with Crippen LogP contribution in [0, 0.1) is 10.1 Å². The van der Waals surface area contributed by atoms with Crippen molar-refractivity contribution in [3.05, 3.63) is 64.3 Å².